The van der Waals surface area contributed by atoms with Gasteiger partial charge in [-0.3, -0.25) is 4.79 Å². The summed E-state index contributed by atoms with van der Waals surface area (Å²) < 4.78 is 0. The van der Waals surface area contributed by atoms with Crippen molar-refractivity contribution in [1.82, 2.24) is 0 Å². The first kappa shape index (κ1) is 12.2. The van der Waals surface area contributed by atoms with Crippen LogP contribution in [0, 0.1) is 0 Å². The second kappa shape index (κ2) is 4.73. The fraction of sp³-hybridized carbons (Fsp3) is 0.200. The van der Waals surface area contributed by atoms with Crippen LogP contribution in [0.4, 0.5) is 0 Å². The van der Waals surface area contributed by atoms with Crippen LogP contribution in [-0.4, -0.2) is 38.8 Å². The molecule has 6 heteroatoms. The van der Waals surface area contributed by atoms with Crippen LogP contribution in [0.2, 0.25) is 0 Å². The van der Waals surface area contributed by atoms with Gasteiger partial charge in [-0.05, 0) is 17.7 Å². The highest BCUT2D eigenvalue weighted by Crippen LogP contribution is 2.23. The van der Waals surface area contributed by atoms with Crippen molar-refractivity contribution >= 4 is 12.3 Å². The van der Waals surface area contributed by atoms with Crippen LogP contribution in [0.15, 0.2) is 18.2 Å². The van der Waals surface area contributed by atoms with Crippen molar-refractivity contribution in [1.29, 1.82) is 0 Å². The first-order valence-electron chi connectivity index (χ1n) is 4.34. The number of aliphatic carboxylic acids is 1. The first-order valence-corrected chi connectivity index (χ1v) is 4.34. The Morgan fingerprint density at radius 2 is 1.94 bits per heavy atom. The molecule has 6 nitrogen and oxygen atoms in total. The number of phenols is 1. The van der Waals surface area contributed by atoms with Gasteiger partial charge in [0.25, 0.3) is 0 Å². The molecule has 0 aromatic heterocycles. The minimum absolute atomic E-state index is 0.0120. The normalized spacial score (nSPS) is 14.1. The summed E-state index contributed by atoms with van der Waals surface area (Å²) >= 11 is 0. The molecule has 0 aliphatic heterocycles. The predicted molar refractivity (Wildman–Crippen MR) is 52.1 cm³/mol. The van der Waals surface area contributed by atoms with Crippen molar-refractivity contribution in [2.75, 3.05) is 0 Å². The Morgan fingerprint density at radius 3 is 2.38 bits per heavy atom. The van der Waals surface area contributed by atoms with Crippen molar-refractivity contribution < 1.29 is 30.0 Å². The van der Waals surface area contributed by atoms with Crippen molar-refractivity contribution in [3.05, 3.63) is 29.3 Å². The van der Waals surface area contributed by atoms with Gasteiger partial charge in [0.1, 0.15) is 11.9 Å². The number of aldehydes is 1. The lowest BCUT2D eigenvalue weighted by atomic mass is 10.0. The molecule has 1 aromatic carbocycles. The molecule has 0 aliphatic carbocycles. The molecule has 0 bridgehead atoms. The summed E-state index contributed by atoms with van der Waals surface area (Å²) in [4.78, 5) is 20.8. The molecule has 16 heavy (non-hydrogen) atoms. The van der Waals surface area contributed by atoms with E-state index >= 15 is 0 Å². The molecule has 0 amide bonds. The second-order valence-corrected chi connectivity index (χ2v) is 3.16. The molecule has 0 spiro atoms. The van der Waals surface area contributed by atoms with Crippen LogP contribution in [0.1, 0.15) is 22.0 Å². The van der Waals surface area contributed by atoms with Crippen LogP contribution < -0.4 is 0 Å². The van der Waals surface area contributed by atoms with E-state index in [9.17, 15) is 19.8 Å². The maximum atomic E-state index is 10.4. The molecular weight excluding hydrogens is 216 g/mol. The number of carboxylic acid groups (broad SMARTS) is 1. The van der Waals surface area contributed by atoms with Gasteiger partial charge in [0.2, 0.25) is 0 Å². The molecule has 86 valence electrons. The van der Waals surface area contributed by atoms with E-state index in [4.69, 9.17) is 10.2 Å². The number of hydrogen-bond acceptors (Lipinski definition) is 5. The minimum Gasteiger partial charge on any atom is -0.507 e. The van der Waals surface area contributed by atoms with Crippen LogP contribution in [0.5, 0.6) is 5.75 Å². The molecule has 4 N–H and O–H groups in total. The van der Waals surface area contributed by atoms with E-state index in [1.807, 2.05) is 0 Å². The van der Waals surface area contributed by atoms with Gasteiger partial charge < -0.3 is 20.4 Å². The molecule has 0 saturated carbocycles. The number of aromatic hydroxyl groups is 1. The Morgan fingerprint density at radius 1 is 1.31 bits per heavy atom. The molecular formula is C10H10O6. The van der Waals surface area contributed by atoms with Crippen LogP contribution >= 0.6 is 0 Å². The minimum atomic E-state index is -1.98. The Labute approximate surface area is 90.4 Å². The van der Waals surface area contributed by atoms with Gasteiger partial charge in [-0.2, -0.15) is 0 Å². The Hall–Kier alpha value is -1.92. The summed E-state index contributed by atoms with van der Waals surface area (Å²) in [5.41, 5.74) is 0.0266. The Balaban J connectivity index is 3.01. The number of hydrogen-bond donors (Lipinski definition) is 4. The van der Waals surface area contributed by atoms with E-state index < -0.39 is 18.2 Å². The summed E-state index contributed by atoms with van der Waals surface area (Å²) in [7, 11) is 0. The third-order valence-electron chi connectivity index (χ3n) is 2.08. The van der Waals surface area contributed by atoms with Gasteiger partial charge >= 0.3 is 5.97 Å². The fourth-order valence-electron chi connectivity index (χ4n) is 1.16. The molecule has 0 saturated heterocycles. The Kier molecular flexibility index (Phi) is 3.60. The molecule has 2 unspecified atom stereocenters. The average Bonchev–Trinajstić information content (AvgIpc) is 2.26. The molecule has 0 heterocycles. The number of rotatable bonds is 4. The smallest absolute Gasteiger partial charge is 0.335 e. The zero-order chi connectivity index (χ0) is 12.3. The number of phenolic OH excluding ortho intramolecular Hbond substituents is 1. The van der Waals surface area contributed by atoms with Gasteiger partial charge in [0.05, 0.1) is 5.56 Å². The van der Waals surface area contributed by atoms with E-state index in [2.05, 4.69) is 0 Å². The van der Waals surface area contributed by atoms with Gasteiger partial charge in [0.15, 0.2) is 12.4 Å². The number of benzene rings is 1. The highest BCUT2D eigenvalue weighted by Gasteiger charge is 2.25. The van der Waals surface area contributed by atoms with Crippen molar-refractivity contribution in [3.63, 3.8) is 0 Å². The van der Waals surface area contributed by atoms with Gasteiger partial charge in [-0.1, -0.05) is 6.07 Å². The van der Waals surface area contributed by atoms with Gasteiger partial charge in [-0.15, -0.1) is 0 Å². The lowest BCUT2D eigenvalue weighted by Gasteiger charge is -2.14. The largest absolute Gasteiger partial charge is 0.507 e. The summed E-state index contributed by atoms with van der Waals surface area (Å²) in [5.74, 6) is -1.96. The van der Waals surface area contributed by atoms with E-state index in [0.717, 1.165) is 6.07 Å². The summed E-state index contributed by atoms with van der Waals surface area (Å²) in [6.07, 6.45) is -3.23. The van der Waals surface area contributed by atoms with Crippen molar-refractivity contribution in [3.8, 4) is 5.75 Å². The zero-order valence-electron chi connectivity index (χ0n) is 8.07. The fourth-order valence-corrected chi connectivity index (χ4v) is 1.16. The maximum Gasteiger partial charge on any atom is 0.335 e. The molecule has 0 aliphatic rings. The van der Waals surface area contributed by atoms with Gasteiger partial charge in [-0.25, -0.2) is 4.79 Å². The zero-order valence-corrected chi connectivity index (χ0v) is 8.07. The van der Waals surface area contributed by atoms with E-state index in [1.54, 1.807) is 0 Å². The van der Waals surface area contributed by atoms with Crippen molar-refractivity contribution in [2.45, 2.75) is 12.2 Å². The third kappa shape index (κ3) is 2.36. The number of carbonyl (C=O) groups is 2. The topological polar surface area (TPSA) is 115 Å². The maximum absolute atomic E-state index is 10.4. The number of carboxylic acids is 1. The van der Waals surface area contributed by atoms with E-state index in [0.29, 0.717) is 6.29 Å². The Bertz CT molecular complexity index is 414. The lowest BCUT2D eigenvalue weighted by molar-refractivity contribution is -0.153. The van der Waals surface area contributed by atoms with Crippen LogP contribution in [0.25, 0.3) is 0 Å². The lowest BCUT2D eigenvalue weighted by Crippen LogP contribution is -2.27. The number of aliphatic hydroxyl groups is 2. The summed E-state index contributed by atoms with van der Waals surface area (Å²) in [6.45, 7) is 0. The summed E-state index contributed by atoms with van der Waals surface area (Å²) in [5, 5.41) is 36.2. The average molecular weight is 226 g/mol. The number of carbonyl (C=O) groups excluding carboxylic acids is 1. The van der Waals surface area contributed by atoms with Gasteiger partial charge in [0, 0.05) is 0 Å². The second-order valence-electron chi connectivity index (χ2n) is 3.16. The molecule has 1 rings (SSSR count). The summed E-state index contributed by atoms with van der Waals surface area (Å²) in [6, 6.07) is 3.50. The standard InChI is InChI=1S/C10H10O6/c11-4-6-2-1-5(3-7(6)12)8(13)9(14)10(15)16/h1-4,8-9,12-14H,(H,15,16). The molecule has 2 atom stereocenters. The number of aliphatic hydroxyl groups excluding tert-OH is 2. The highest BCUT2D eigenvalue weighted by molar-refractivity contribution is 5.79. The third-order valence-corrected chi connectivity index (χ3v) is 2.08. The SMILES string of the molecule is O=Cc1ccc(C(O)C(O)C(=O)O)cc1O. The molecule has 0 fully saturated rings. The first-order chi connectivity index (χ1) is 7.47. The van der Waals surface area contributed by atoms with Crippen molar-refractivity contribution in [2.24, 2.45) is 0 Å². The van der Waals surface area contributed by atoms with Crippen LogP contribution in [0.3, 0.4) is 0 Å². The predicted octanol–water partition coefficient (Wildman–Crippen LogP) is -0.316. The van der Waals surface area contributed by atoms with E-state index in [1.165, 1.54) is 12.1 Å². The molecule has 1 aromatic rings. The quantitative estimate of drug-likeness (QED) is 0.523. The monoisotopic (exact) mass is 226 g/mol. The van der Waals surface area contributed by atoms with E-state index in [-0.39, 0.29) is 16.9 Å². The van der Waals surface area contributed by atoms with Crippen LogP contribution in [-0.2, 0) is 4.79 Å². The molecule has 0 radical (unpaired) electrons. The highest BCUT2D eigenvalue weighted by atomic mass is 16.4.